The highest BCUT2D eigenvalue weighted by Crippen LogP contribution is 2.47. The van der Waals surface area contributed by atoms with Crippen LogP contribution in [-0.4, -0.2) is 11.5 Å². The van der Waals surface area contributed by atoms with E-state index in [1.165, 1.54) is 43.8 Å². The van der Waals surface area contributed by atoms with Gasteiger partial charge in [-0.05, 0) is 74.8 Å². The molecule has 1 aromatic heterocycles. The molecule has 9 rings (SSSR count). The Labute approximate surface area is 285 Å². The Morgan fingerprint density at radius 3 is 2.16 bits per heavy atom. The van der Waals surface area contributed by atoms with Crippen molar-refractivity contribution in [1.82, 2.24) is 0 Å². The van der Waals surface area contributed by atoms with Crippen LogP contribution in [-0.2, 0) is 13.0 Å². The molecule has 0 saturated heterocycles. The van der Waals surface area contributed by atoms with E-state index in [0.29, 0.717) is 6.54 Å². The molecule has 7 aromatic carbocycles. The van der Waals surface area contributed by atoms with E-state index < -0.39 is 0 Å². The zero-order valence-electron chi connectivity index (χ0n) is 27.3. The number of fused-ring (bicyclic) bond motifs is 7. The van der Waals surface area contributed by atoms with Crippen molar-refractivity contribution in [2.75, 3.05) is 0 Å². The minimum atomic E-state index is -0.146. The highest BCUT2D eigenvalue weighted by Gasteiger charge is 2.34. The van der Waals surface area contributed by atoms with Crippen molar-refractivity contribution in [3.63, 3.8) is 0 Å². The zero-order chi connectivity index (χ0) is 32.7. The van der Waals surface area contributed by atoms with Crippen LogP contribution in [0.4, 0.5) is 0 Å². The highest BCUT2D eigenvalue weighted by atomic mass is 16.3. The largest absolute Gasteiger partial charge is 0.460 e. The molecule has 3 nitrogen and oxygen atoms in total. The first kappa shape index (κ1) is 29.1. The summed E-state index contributed by atoms with van der Waals surface area (Å²) in [7, 11) is 0. The summed E-state index contributed by atoms with van der Waals surface area (Å²) in [6.45, 7) is 2.65. The first-order chi connectivity index (χ1) is 24.2. The second kappa shape index (κ2) is 12.2. The quantitative estimate of drug-likeness (QED) is 0.138. The molecule has 8 aromatic rings. The van der Waals surface area contributed by atoms with Crippen LogP contribution in [0.1, 0.15) is 35.3 Å². The number of hydrogen-bond donors (Lipinski definition) is 0. The van der Waals surface area contributed by atoms with Crippen molar-refractivity contribution in [1.29, 1.82) is 0 Å². The maximum atomic E-state index is 6.88. The van der Waals surface area contributed by atoms with Gasteiger partial charge in [0.05, 0.1) is 12.5 Å². The third-order valence-electron chi connectivity index (χ3n) is 9.88. The normalized spacial score (nSPS) is 14.7. The molecule has 0 N–H and O–H groups in total. The molecule has 0 aliphatic heterocycles. The molecule has 1 unspecified atom stereocenters. The molecule has 3 heteroatoms. The second-order valence-corrected chi connectivity index (χ2v) is 12.9. The van der Waals surface area contributed by atoms with E-state index in [-0.39, 0.29) is 5.92 Å². The molecule has 1 aliphatic carbocycles. The first-order valence-electron chi connectivity index (χ1n) is 17.0. The Hall–Kier alpha value is -6.06. The summed E-state index contributed by atoms with van der Waals surface area (Å²) in [6, 6.07) is 55.8. The Kier molecular flexibility index (Phi) is 7.24. The summed E-state index contributed by atoms with van der Waals surface area (Å²) in [4.78, 5) is 10.7. The molecule has 0 spiro atoms. The Bertz CT molecular complexity index is 2560. The molecule has 0 fully saturated rings. The van der Waals surface area contributed by atoms with Gasteiger partial charge in [-0.2, -0.15) is 0 Å². The van der Waals surface area contributed by atoms with Crippen LogP contribution in [0.25, 0.3) is 54.8 Å². The van der Waals surface area contributed by atoms with Gasteiger partial charge in [0.1, 0.15) is 17.2 Å². The summed E-state index contributed by atoms with van der Waals surface area (Å²) in [5.41, 5.74) is 10.1. The summed E-state index contributed by atoms with van der Waals surface area (Å²) >= 11 is 0. The summed E-state index contributed by atoms with van der Waals surface area (Å²) in [5.74, 6) is 1.58. The van der Waals surface area contributed by atoms with Crippen molar-refractivity contribution in [3.05, 3.63) is 180 Å². The molecular weight excluding hydrogens is 597 g/mol. The minimum Gasteiger partial charge on any atom is -0.460 e. The lowest BCUT2D eigenvalue weighted by atomic mass is 9.81. The lowest BCUT2D eigenvalue weighted by Gasteiger charge is -2.24. The zero-order valence-corrected chi connectivity index (χ0v) is 27.3. The number of rotatable bonds is 5. The maximum Gasteiger partial charge on any atom is 0.135 e. The van der Waals surface area contributed by atoms with E-state index in [2.05, 4.69) is 159 Å². The smallest absolute Gasteiger partial charge is 0.135 e. The van der Waals surface area contributed by atoms with Gasteiger partial charge in [0, 0.05) is 22.2 Å². The predicted octanol–water partition coefficient (Wildman–Crippen LogP) is 11.8. The van der Waals surface area contributed by atoms with Crippen LogP contribution < -0.4 is 0 Å². The fourth-order valence-electron chi connectivity index (χ4n) is 7.50. The van der Waals surface area contributed by atoms with E-state index in [0.717, 1.165) is 51.4 Å². The maximum absolute atomic E-state index is 6.88. The number of furan rings is 1. The summed E-state index contributed by atoms with van der Waals surface area (Å²) < 4.78 is 6.88. The first-order valence-corrected chi connectivity index (χ1v) is 17.0. The lowest BCUT2D eigenvalue weighted by molar-refractivity contribution is 0.529. The number of amidine groups is 1. The van der Waals surface area contributed by atoms with Gasteiger partial charge in [-0.25, -0.2) is 4.99 Å². The molecule has 0 bridgehead atoms. The SMILES string of the molecule is C/C(=N\C(=N/Cc1ccccc1)C1Cc2ccccc2-c2c1oc1ccc(-c3cccc4ccccc34)cc21)c1cccc2ccccc12. The molecule has 49 heavy (non-hydrogen) atoms. The van der Waals surface area contributed by atoms with E-state index in [1.807, 2.05) is 6.07 Å². The molecule has 0 radical (unpaired) electrons. The van der Waals surface area contributed by atoms with E-state index in [1.54, 1.807) is 0 Å². The number of hydrogen-bond acceptors (Lipinski definition) is 2. The third-order valence-corrected chi connectivity index (χ3v) is 9.88. The van der Waals surface area contributed by atoms with Crippen molar-refractivity contribution in [3.8, 4) is 22.3 Å². The predicted molar refractivity (Wildman–Crippen MR) is 205 cm³/mol. The molecule has 1 aliphatic rings. The van der Waals surface area contributed by atoms with Gasteiger partial charge in [0.25, 0.3) is 0 Å². The molecule has 1 atom stereocenters. The van der Waals surface area contributed by atoms with Crippen molar-refractivity contribution < 1.29 is 4.42 Å². The lowest BCUT2D eigenvalue weighted by Crippen LogP contribution is -2.19. The van der Waals surface area contributed by atoms with Crippen LogP contribution in [0.2, 0.25) is 0 Å². The van der Waals surface area contributed by atoms with E-state index in [4.69, 9.17) is 14.4 Å². The van der Waals surface area contributed by atoms with Crippen LogP contribution in [0.15, 0.2) is 172 Å². The third kappa shape index (κ3) is 5.25. The van der Waals surface area contributed by atoms with Crippen LogP contribution in [0.5, 0.6) is 0 Å². The second-order valence-electron chi connectivity index (χ2n) is 12.9. The number of benzene rings is 7. The molecular formula is C46H34N2O. The fraction of sp³-hybridized carbons (Fsp3) is 0.0870. The summed E-state index contributed by atoms with van der Waals surface area (Å²) in [6.07, 6.45) is 0.763. The number of aliphatic imine (C=N–C) groups is 2. The van der Waals surface area contributed by atoms with Gasteiger partial charge in [-0.1, -0.05) is 146 Å². The fourth-order valence-corrected chi connectivity index (χ4v) is 7.50. The van der Waals surface area contributed by atoms with Crippen molar-refractivity contribution in [2.24, 2.45) is 9.98 Å². The Balaban J connectivity index is 1.23. The standard InChI is InChI=1S/C46H34N2O/c1-30(36-23-11-18-32-15-5-8-20-37(32)36)48-46(47-29-31-13-3-2-4-14-31)42-28-34-17-7-10-22-40(34)44-41-27-35(25-26-43(41)49-45(42)44)39-24-12-19-33-16-6-9-21-38(33)39/h2-27,42H,28-29H2,1H3/b47-46-,48-30+. The topological polar surface area (TPSA) is 37.9 Å². The van der Waals surface area contributed by atoms with E-state index >= 15 is 0 Å². The average Bonchev–Trinajstić information content (AvgIpc) is 3.55. The van der Waals surface area contributed by atoms with Gasteiger partial charge >= 0.3 is 0 Å². The Morgan fingerprint density at radius 1 is 0.633 bits per heavy atom. The average molecular weight is 631 g/mol. The molecule has 0 amide bonds. The highest BCUT2D eigenvalue weighted by molar-refractivity contribution is 6.15. The van der Waals surface area contributed by atoms with Crippen LogP contribution >= 0.6 is 0 Å². The van der Waals surface area contributed by atoms with Crippen molar-refractivity contribution >= 4 is 44.1 Å². The van der Waals surface area contributed by atoms with Crippen LogP contribution in [0.3, 0.4) is 0 Å². The van der Waals surface area contributed by atoms with Gasteiger partial charge in [0.2, 0.25) is 0 Å². The van der Waals surface area contributed by atoms with E-state index in [9.17, 15) is 0 Å². The number of nitrogens with zero attached hydrogens (tertiary/aromatic N) is 2. The minimum absolute atomic E-state index is 0.146. The van der Waals surface area contributed by atoms with Gasteiger partial charge in [-0.15, -0.1) is 0 Å². The monoisotopic (exact) mass is 630 g/mol. The van der Waals surface area contributed by atoms with Gasteiger partial charge in [0.15, 0.2) is 0 Å². The molecule has 0 saturated carbocycles. The summed E-state index contributed by atoms with van der Waals surface area (Å²) in [5, 5.41) is 5.99. The van der Waals surface area contributed by atoms with Gasteiger partial charge in [-0.3, -0.25) is 4.99 Å². The van der Waals surface area contributed by atoms with Gasteiger partial charge < -0.3 is 4.42 Å². The van der Waals surface area contributed by atoms with Crippen LogP contribution in [0, 0.1) is 0 Å². The van der Waals surface area contributed by atoms with Crippen molar-refractivity contribution in [2.45, 2.75) is 25.8 Å². The molecule has 1 heterocycles. The molecule has 234 valence electrons. The Morgan fingerprint density at radius 2 is 1.31 bits per heavy atom.